The molecule has 0 heterocycles. The molecule has 1 atom stereocenters. The van der Waals surface area contributed by atoms with Gasteiger partial charge in [-0.2, -0.15) is 0 Å². The smallest absolute Gasteiger partial charge is 0.306 e. The monoisotopic (exact) mass is 955 g/mol. The third-order valence-electron chi connectivity index (χ3n) is 11.4. The van der Waals surface area contributed by atoms with Gasteiger partial charge in [0.15, 0.2) is 6.10 Å². The molecule has 6 nitrogen and oxygen atoms in total. The van der Waals surface area contributed by atoms with Crippen molar-refractivity contribution < 1.29 is 28.6 Å². The molecular formula is C63H102O6. The van der Waals surface area contributed by atoms with Crippen LogP contribution in [0.1, 0.15) is 239 Å². The van der Waals surface area contributed by atoms with Gasteiger partial charge in [-0.3, -0.25) is 14.4 Å². The zero-order valence-corrected chi connectivity index (χ0v) is 44.5. The van der Waals surface area contributed by atoms with Crippen molar-refractivity contribution in [2.24, 2.45) is 0 Å². The van der Waals surface area contributed by atoms with Crippen LogP contribution in [0.3, 0.4) is 0 Å². The topological polar surface area (TPSA) is 78.9 Å². The quantitative estimate of drug-likeness (QED) is 0.0262. The average molecular weight is 956 g/mol. The molecule has 1 unspecified atom stereocenters. The van der Waals surface area contributed by atoms with Gasteiger partial charge in [-0.25, -0.2) is 0 Å². The molecule has 0 aromatic rings. The molecule has 0 aliphatic carbocycles. The van der Waals surface area contributed by atoms with Gasteiger partial charge in [-0.15, -0.1) is 0 Å². The van der Waals surface area contributed by atoms with Crippen molar-refractivity contribution in [2.75, 3.05) is 13.2 Å². The van der Waals surface area contributed by atoms with E-state index in [0.29, 0.717) is 19.3 Å². The molecule has 0 rings (SSSR count). The largest absolute Gasteiger partial charge is 0.462 e. The van der Waals surface area contributed by atoms with Gasteiger partial charge in [0, 0.05) is 19.3 Å². The van der Waals surface area contributed by atoms with Crippen molar-refractivity contribution in [3.63, 3.8) is 0 Å². The van der Waals surface area contributed by atoms with Crippen LogP contribution in [0.5, 0.6) is 0 Å². The minimum atomic E-state index is -0.809. The number of carbonyl (C=O) groups is 3. The molecule has 6 heteroatoms. The highest BCUT2D eigenvalue weighted by molar-refractivity contribution is 5.71. The number of hydrogen-bond donors (Lipinski definition) is 0. The van der Waals surface area contributed by atoms with Crippen molar-refractivity contribution in [3.8, 4) is 0 Å². The van der Waals surface area contributed by atoms with Gasteiger partial charge < -0.3 is 14.2 Å². The van der Waals surface area contributed by atoms with Gasteiger partial charge in [-0.1, -0.05) is 213 Å². The fourth-order valence-electron chi connectivity index (χ4n) is 7.28. The maximum Gasteiger partial charge on any atom is 0.306 e. The van der Waals surface area contributed by atoms with Crippen LogP contribution in [-0.2, 0) is 28.6 Å². The number of rotatable bonds is 49. The molecule has 0 bridgehead atoms. The molecule has 0 radical (unpaired) electrons. The summed E-state index contributed by atoms with van der Waals surface area (Å²) in [5.41, 5.74) is 0. The van der Waals surface area contributed by atoms with E-state index in [1.165, 1.54) is 51.4 Å². The molecule has 0 aliphatic heterocycles. The van der Waals surface area contributed by atoms with Crippen molar-refractivity contribution in [2.45, 2.75) is 245 Å². The van der Waals surface area contributed by atoms with E-state index in [9.17, 15) is 14.4 Å². The Morgan fingerprint density at radius 3 is 0.913 bits per heavy atom. The molecule has 69 heavy (non-hydrogen) atoms. The first-order valence-corrected chi connectivity index (χ1v) is 28.0. The Kier molecular flexibility index (Phi) is 53.0. The van der Waals surface area contributed by atoms with E-state index in [-0.39, 0.29) is 31.1 Å². The summed E-state index contributed by atoms with van der Waals surface area (Å²) in [5, 5.41) is 0. The molecule has 0 spiro atoms. The Hall–Kier alpha value is -4.19. The van der Waals surface area contributed by atoms with Crippen LogP contribution in [0.4, 0.5) is 0 Å². The first-order valence-electron chi connectivity index (χ1n) is 28.0. The van der Waals surface area contributed by atoms with E-state index in [0.717, 1.165) is 148 Å². The Balaban J connectivity index is 4.46. The Morgan fingerprint density at radius 1 is 0.304 bits per heavy atom. The lowest BCUT2D eigenvalue weighted by atomic mass is 10.1. The van der Waals surface area contributed by atoms with E-state index in [4.69, 9.17) is 14.2 Å². The second kappa shape index (κ2) is 56.4. The van der Waals surface area contributed by atoms with E-state index < -0.39 is 6.10 Å². The van der Waals surface area contributed by atoms with Gasteiger partial charge in [0.1, 0.15) is 13.2 Å². The molecule has 0 fully saturated rings. The summed E-state index contributed by atoms with van der Waals surface area (Å²) in [6, 6.07) is 0. The fraction of sp³-hybridized carbons (Fsp3) is 0.635. The Morgan fingerprint density at radius 2 is 0.565 bits per heavy atom. The summed E-state index contributed by atoms with van der Waals surface area (Å²) < 4.78 is 16.8. The van der Waals surface area contributed by atoms with Crippen LogP contribution in [0.2, 0.25) is 0 Å². The molecule has 0 aliphatic rings. The van der Waals surface area contributed by atoms with Crippen LogP contribution >= 0.6 is 0 Å². The van der Waals surface area contributed by atoms with Crippen molar-refractivity contribution in [3.05, 3.63) is 122 Å². The Bertz CT molecular complexity index is 1470. The van der Waals surface area contributed by atoms with E-state index >= 15 is 0 Å². The molecule has 0 saturated carbocycles. The molecule has 0 aromatic carbocycles. The lowest BCUT2D eigenvalue weighted by Crippen LogP contribution is -2.30. The summed E-state index contributed by atoms with van der Waals surface area (Å²) >= 11 is 0. The molecule has 0 aromatic heterocycles. The second-order valence-electron chi connectivity index (χ2n) is 18.1. The molecule has 0 amide bonds. The van der Waals surface area contributed by atoms with Gasteiger partial charge in [0.2, 0.25) is 0 Å². The van der Waals surface area contributed by atoms with Crippen molar-refractivity contribution in [1.82, 2.24) is 0 Å². The van der Waals surface area contributed by atoms with Crippen LogP contribution in [0.15, 0.2) is 122 Å². The zero-order valence-electron chi connectivity index (χ0n) is 44.5. The average Bonchev–Trinajstić information content (AvgIpc) is 3.35. The maximum atomic E-state index is 12.8. The normalized spacial score (nSPS) is 13.0. The lowest BCUT2D eigenvalue weighted by Gasteiger charge is -2.18. The second-order valence-corrected chi connectivity index (χ2v) is 18.1. The van der Waals surface area contributed by atoms with Gasteiger partial charge >= 0.3 is 17.9 Å². The minimum absolute atomic E-state index is 0.107. The number of hydrogen-bond acceptors (Lipinski definition) is 6. The summed E-state index contributed by atoms with van der Waals surface area (Å²) in [6.07, 6.45) is 77.6. The number of unbranched alkanes of at least 4 members (excludes halogenated alkanes) is 18. The third-order valence-corrected chi connectivity index (χ3v) is 11.4. The predicted molar refractivity (Wildman–Crippen MR) is 297 cm³/mol. The summed E-state index contributed by atoms with van der Waals surface area (Å²) in [4.78, 5) is 38.1. The highest BCUT2D eigenvalue weighted by Gasteiger charge is 2.19. The highest BCUT2D eigenvalue weighted by Crippen LogP contribution is 2.13. The van der Waals surface area contributed by atoms with E-state index in [2.05, 4.69) is 142 Å². The van der Waals surface area contributed by atoms with Gasteiger partial charge in [-0.05, 0) is 128 Å². The number of esters is 3. The van der Waals surface area contributed by atoms with Crippen molar-refractivity contribution in [1.29, 1.82) is 0 Å². The maximum absolute atomic E-state index is 12.8. The van der Waals surface area contributed by atoms with Crippen LogP contribution < -0.4 is 0 Å². The first kappa shape index (κ1) is 64.8. The van der Waals surface area contributed by atoms with E-state index in [1.807, 2.05) is 0 Å². The van der Waals surface area contributed by atoms with Crippen molar-refractivity contribution >= 4 is 17.9 Å². The van der Waals surface area contributed by atoms with Gasteiger partial charge in [0.25, 0.3) is 0 Å². The van der Waals surface area contributed by atoms with E-state index in [1.54, 1.807) is 0 Å². The summed E-state index contributed by atoms with van der Waals surface area (Å²) in [7, 11) is 0. The molecule has 390 valence electrons. The van der Waals surface area contributed by atoms with Crippen LogP contribution in [-0.4, -0.2) is 37.2 Å². The third kappa shape index (κ3) is 54.6. The number of ether oxygens (including phenoxy) is 3. The van der Waals surface area contributed by atoms with Gasteiger partial charge in [0.05, 0.1) is 0 Å². The highest BCUT2D eigenvalue weighted by atomic mass is 16.6. The fourth-order valence-corrected chi connectivity index (χ4v) is 7.28. The molecule has 0 N–H and O–H groups in total. The minimum Gasteiger partial charge on any atom is -0.462 e. The predicted octanol–water partition coefficient (Wildman–Crippen LogP) is 18.9. The van der Waals surface area contributed by atoms with Crippen LogP contribution in [0.25, 0.3) is 0 Å². The molecular weight excluding hydrogens is 853 g/mol. The lowest BCUT2D eigenvalue weighted by molar-refractivity contribution is -0.167. The summed E-state index contributed by atoms with van der Waals surface area (Å²) in [5.74, 6) is -0.972. The van der Waals surface area contributed by atoms with Crippen LogP contribution in [0, 0.1) is 0 Å². The zero-order chi connectivity index (χ0) is 50.0. The summed E-state index contributed by atoms with van der Waals surface area (Å²) in [6.45, 7) is 6.34. The SMILES string of the molecule is CC/C=C\C/C=C\C/C=C\C/C=C\C/C=C\C/C=C\CCCCCCC(=O)OCC(COC(=O)CCCCC/C=C\C/C=C\C/C=C\CC)OC(=O)CCCCCCC/C=C\CCCCCCCC. The number of allylic oxidation sites excluding steroid dienone is 20. The molecule has 0 saturated heterocycles. The number of carbonyl (C=O) groups excluding carboxylic acids is 3. The Labute approximate surface area is 424 Å². The standard InChI is InChI=1S/C63H102O6/c1-4-7-10-13-16-19-22-25-27-28-29-30-31-32-33-34-36-38-41-44-47-50-53-56-62(65)68-59-60(58-67-61(64)55-52-49-46-43-40-37-24-21-18-15-12-9-6-3)69-63(66)57-54-51-48-45-42-39-35-26-23-20-17-14-11-8-5-2/h7,9-10,12,16,18-19,21,25-27,29-30,32-33,35-38,40,60H,4-6,8,11,13-15,17,20,22-24,28,31,34,39,41-59H2,1-3H3/b10-7-,12-9-,19-16-,21-18-,27-25-,30-29-,33-32-,35-26-,38-36-,40-37-. The first-order chi connectivity index (χ1) is 34.0.